The van der Waals surface area contributed by atoms with E-state index in [1.807, 2.05) is 0 Å². The van der Waals surface area contributed by atoms with Gasteiger partial charge < -0.3 is 10.3 Å². The van der Waals surface area contributed by atoms with Gasteiger partial charge in [0.1, 0.15) is 5.69 Å². The van der Waals surface area contributed by atoms with Crippen LogP contribution >= 0.6 is 0 Å². The van der Waals surface area contributed by atoms with E-state index in [1.54, 1.807) is 6.07 Å². The zero-order valence-corrected chi connectivity index (χ0v) is 9.78. The molecule has 0 saturated heterocycles. The monoisotopic (exact) mass is 228 g/mol. The van der Waals surface area contributed by atoms with E-state index < -0.39 is 0 Å². The highest BCUT2D eigenvalue weighted by molar-refractivity contribution is 5.62. The second kappa shape index (κ2) is 4.24. The maximum Gasteiger partial charge on any atom is 0.222 e. The fourth-order valence-corrected chi connectivity index (χ4v) is 2.49. The summed E-state index contributed by atoms with van der Waals surface area (Å²) in [6.07, 6.45) is 6.31. The number of nitrogens with zero attached hydrogens (tertiary/aromatic N) is 1. The number of benzene rings is 1. The summed E-state index contributed by atoms with van der Waals surface area (Å²) < 4.78 is 4.92. The van der Waals surface area contributed by atoms with Gasteiger partial charge in [0.25, 0.3) is 0 Å². The Hall–Kier alpha value is -1.77. The van der Waals surface area contributed by atoms with Crippen molar-refractivity contribution in [2.75, 3.05) is 5.73 Å². The maximum absolute atomic E-state index is 5.55. The number of fused-ring (bicyclic) bond motifs is 1. The number of hydrogen-bond donors (Lipinski definition) is 1. The van der Waals surface area contributed by atoms with Gasteiger partial charge in [0.05, 0.1) is 0 Å². The highest BCUT2D eigenvalue weighted by Crippen LogP contribution is 2.27. The topological polar surface area (TPSA) is 52.0 Å². The van der Waals surface area contributed by atoms with E-state index in [1.165, 1.54) is 43.2 Å². The van der Waals surface area contributed by atoms with Crippen LogP contribution in [0.15, 0.2) is 28.8 Å². The van der Waals surface area contributed by atoms with Gasteiger partial charge in [-0.1, -0.05) is 23.7 Å². The SMILES string of the molecule is Nc1cc(-c2ccc3c(c2)CCCCC3)no1. The van der Waals surface area contributed by atoms with Crippen molar-refractivity contribution >= 4 is 5.88 Å². The van der Waals surface area contributed by atoms with Crippen LogP contribution in [0, 0.1) is 0 Å². The van der Waals surface area contributed by atoms with Crippen LogP contribution in [-0.4, -0.2) is 5.16 Å². The molecule has 1 aliphatic carbocycles. The first kappa shape index (κ1) is 10.4. The number of hydrogen-bond acceptors (Lipinski definition) is 3. The quantitative estimate of drug-likeness (QED) is 0.762. The second-order valence-corrected chi connectivity index (χ2v) is 4.66. The van der Waals surface area contributed by atoms with Gasteiger partial charge in [0.2, 0.25) is 5.88 Å². The lowest BCUT2D eigenvalue weighted by Crippen LogP contribution is -1.91. The first-order valence-corrected chi connectivity index (χ1v) is 6.17. The van der Waals surface area contributed by atoms with Crippen LogP contribution in [0.5, 0.6) is 0 Å². The van der Waals surface area contributed by atoms with Gasteiger partial charge in [-0.2, -0.15) is 0 Å². The van der Waals surface area contributed by atoms with Gasteiger partial charge in [-0.05, 0) is 42.9 Å². The Bertz CT molecular complexity index is 531. The first-order chi connectivity index (χ1) is 8.33. The van der Waals surface area contributed by atoms with Crippen molar-refractivity contribution in [3.63, 3.8) is 0 Å². The number of nitrogen functional groups attached to an aromatic ring is 1. The van der Waals surface area contributed by atoms with Crippen LogP contribution in [0.1, 0.15) is 30.4 Å². The van der Waals surface area contributed by atoms with E-state index in [0.717, 1.165) is 11.3 Å². The molecule has 3 heteroatoms. The third-order valence-electron chi connectivity index (χ3n) is 3.42. The van der Waals surface area contributed by atoms with Crippen LogP contribution in [-0.2, 0) is 12.8 Å². The summed E-state index contributed by atoms with van der Waals surface area (Å²) in [5.74, 6) is 0.370. The van der Waals surface area contributed by atoms with Gasteiger partial charge >= 0.3 is 0 Å². The summed E-state index contributed by atoms with van der Waals surface area (Å²) in [6, 6.07) is 8.35. The molecule has 1 aliphatic rings. The molecule has 1 heterocycles. The summed E-state index contributed by atoms with van der Waals surface area (Å²) in [5, 5.41) is 3.96. The molecule has 0 unspecified atom stereocenters. The van der Waals surface area contributed by atoms with E-state index in [2.05, 4.69) is 23.4 Å². The minimum absolute atomic E-state index is 0.370. The molecule has 0 saturated carbocycles. The summed E-state index contributed by atoms with van der Waals surface area (Å²) in [5.41, 5.74) is 10.4. The van der Waals surface area contributed by atoms with Crippen LogP contribution in [0.2, 0.25) is 0 Å². The van der Waals surface area contributed by atoms with Crippen LogP contribution in [0.3, 0.4) is 0 Å². The third kappa shape index (κ3) is 2.05. The Labute approximate surface area is 101 Å². The molecular formula is C14H16N2O. The predicted molar refractivity (Wildman–Crippen MR) is 67.6 cm³/mol. The van der Waals surface area contributed by atoms with Crippen LogP contribution in [0.4, 0.5) is 5.88 Å². The number of nitrogens with two attached hydrogens (primary N) is 1. The van der Waals surface area contributed by atoms with Crippen molar-refractivity contribution in [3.8, 4) is 11.3 Å². The molecule has 0 atom stereocenters. The van der Waals surface area contributed by atoms with E-state index in [9.17, 15) is 0 Å². The van der Waals surface area contributed by atoms with E-state index in [0.29, 0.717) is 5.88 Å². The molecule has 1 aromatic heterocycles. The summed E-state index contributed by atoms with van der Waals surface area (Å²) in [6.45, 7) is 0. The average molecular weight is 228 g/mol. The van der Waals surface area contributed by atoms with Crippen LogP contribution in [0.25, 0.3) is 11.3 Å². The molecule has 0 amide bonds. The molecule has 2 aromatic rings. The standard InChI is InChI=1S/C14H16N2O/c15-14-9-13(16-17-14)12-7-6-10-4-2-1-3-5-11(10)8-12/h6-9H,1-5,15H2. The first-order valence-electron chi connectivity index (χ1n) is 6.17. The molecule has 17 heavy (non-hydrogen) atoms. The minimum Gasteiger partial charge on any atom is -0.368 e. The van der Waals surface area contributed by atoms with Crippen molar-refractivity contribution in [1.29, 1.82) is 0 Å². The van der Waals surface area contributed by atoms with E-state index in [-0.39, 0.29) is 0 Å². The lowest BCUT2D eigenvalue weighted by Gasteiger charge is -2.06. The maximum atomic E-state index is 5.55. The zero-order chi connectivity index (χ0) is 11.7. The molecule has 2 N–H and O–H groups in total. The van der Waals surface area contributed by atoms with Crippen molar-refractivity contribution in [3.05, 3.63) is 35.4 Å². The molecule has 88 valence electrons. The smallest absolute Gasteiger partial charge is 0.222 e. The number of anilines is 1. The number of aromatic nitrogens is 1. The van der Waals surface area contributed by atoms with Gasteiger partial charge in [0.15, 0.2) is 0 Å². The Kier molecular flexibility index (Phi) is 2.59. The van der Waals surface area contributed by atoms with Gasteiger partial charge in [0, 0.05) is 11.6 Å². The highest BCUT2D eigenvalue weighted by atomic mass is 16.5. The van der Waals surface area contributed by atoms with E-state index >= 15 is 0 Å². The van der Waals surface area contributed by atoms with Crippen molar-refractivity contribution in [2.45, 2.75) is 32.1 Å². The molecule has 3 nitrogen and oxygen atoms in total. The molecule has 0 radical (unpaired) electrons. The molecular weight excluding hydrogens is 212 g/mol. The molecule has 3 rings (SSSR count). The zero-order valence-electron chi connectivity index (χ0n) is 9.78. The fourth-order valence-electron chi connectivity index (χ4n) is 2.49. The molecule has 0 fully saturated rings. The van der Waals surface area contributed by atoms with E-state index in [4.69, 9.17) is 10.3 Å². The Morgan fingerprint density at radius 3 is 2.59 bits per heavy atom. The molecule has 1 aromatic carbocycles. The predicted octanol–water partition coefficient (Wildman–Crippen LogP) is 3.19. The molecule has 0 spiro atoms. The summed E-state index contributed by atoms with van der Waals surface area (Å²) in [7, 11) is 0. The normalized spacial score (nSPS) is 15.3. The largest absolute Gasteiger partial charge is 0.368 e. The molecule has 0 bridgehead atoms. The highest BCUT2D eigenvalue weighted by Gasteiger charge is 2.11. The van der Waals surface area contributed by atoms with Crippen molar-refractivity contribution in [1.82, 2.24) is 5.16 Å². The minimum atomic E-state index is 0.370. The second-order valence-electron chi connectivity index (χ2n) is 4.66. The summed E-state index contributed by atoms with van der Waals surface area (Å²) >= 11 is 0. The van der Waals surface area contributed by atoms with Crippen LogP contribution < -0.4 is 5.73 Å². The Balaban J connectivity index is 2.00. The lowest BCUT2D eigenvalue weighted by molar-refractivity contribution is 0.439. The van der Waals surface area contributed by atoms with Gasteiger partial charge in [-0.25, -0.2) is 0 Å². The van der Waals surface area contributed by atoms with Gasteiger partial charge in [-0.3, -0.25) is 0 Å². The number of rotatable bonds is 1. The molecule has 0 aliphatic heterocycles. The lowest BCUT2D eigenvalue weighted by atomic mass is 9.99. The Morgan fingerprint density at radius 1 is 1.00 bits per heavy atom. The average Bonchev–Trinajstić information content (AvgIpc) is 2.64. The number of aryl methyl sites for hydroxylation is 2. The van der Waals surface area contributed by atoms with Crippen molar-refractivity contribution in [2.24, 2.45) is 0 Å². The Morgan fingerprint density at radius 2 is 1.82 bits per heavy atom. The fraction of sp³-hybridized carbons (Fsp3) is 0.357. The van der Waals surface area contributed by atoms with Crippen molar-refractivity contribution < 1.29 is 4.52 Å². The third-order valence-corrected chi connectivity index (χ3v) is 3.42. The van der Waals surface area contributed by atoms with Gasteiger partial charge in [-0.15, -0.1) is 0 Å². The summed E-state index contributed by atoms with van der Waals surface area (Å²) in [4.78, 5) is 0.